The first-order chi connectivity index (χ1) is 12.4. The molecule has 1 aliphatic rings. The molecule has 26 heavy (non-hydrogen) atoms. The zero-order valence-corrected chi connectivity index (χ0v) is 14.6. The minimum atomic E-state index is -4.36. The molecule has 1 saturated heterocycles. The third kappa shape index (κ3) is 3.36. The number of halogens is 4. The largest absolute Gasteiger partial charge is 0.406 e. The summed E-state index contributed by atoms with van der Waals surface area (Å²) >= 11 is 6.10. The summed E-state index contributed by atoms with van der Waals surface area (Å²) in [5.41, 5.74) is 2.18. The highest BCUT2D eigenvalue weighted by molar-refractivity contribution is 6.34. The van der Waals surface area contributed by atoms with Gasteiger partial charge in [0.05, 0.1) is 5.52 Å². The topological polar surface area (TPSA) is 46.0 Å². The van der Waals surface area contributed by atoms with E-state index in [0.717, 1.165) is 42.9 Å². The van der Waals surface area contributed by atoms with E-state index in [2.05, 4.69) is 20.2 Å². The molecule has 1 aliphatic heterocycles. The minimum Gasteiger partial charge on any atom is -0.327 e. The van der Waals surface area contributed by atoms with Gasteiger partial charge >= 0.3 is 6.18 Å². The van der Waals surface area contributed by atoms with Crippen LogP contribution >= 0.6 is 11.6 Å². The predicted octanol–water partition coefficient (Wildman–Crippen LogP) is 3.21. The Bertz CT molecular complexity index is 947. The third-order valence-corrected chi connectivity index (χ3v) is 4.88. The molecule has 0 spiro atoms. The predicted molar refractivity (Wildman–Crippen MR) is 94.2 cm³/mol. The zero-order valence-electron chi connectivity index (χ0n) is 13.9. The number of rotatable bonds is 3. The highest BCUT2D eigenvalue weighted by atomic mass is 35.5. The van der Waals surface area contributed by atoms with Gasteiger partial charge in [-0.25, -0.2) is 9.97 Å². The number of nitrogens with one attached hydrogen (secondary N) is 1. The Labute approximate surface area is 152 Å². The minimum absolute atomic E-state index is 0.0269. The lowest BCUT2D eigenvalue weighted by molar-refractivity contribution is -0.139. The average Bonchev–Trinajstić information content (AvgIpc) is 2.89. The lowest BCUT2D eigenvalue weighted by atomic mass is 10.1. The number of hydrogen-bond acceptors (Lipinski definition) is 4. The van der Waals surface area contributed by atoms with Crippen molar-refractivity contribution in [2.45, 2.75) is 19.3 Å². The molecule has 2 aromatic heterocycles. The molecule has 0 bridgehead atoms. The van der Waals surface area contributed by atoms with Crippen LogP contribution in [0.25, 0.3) is 21.9 Å². The molecular weight excluding hydrogens is 367 g/mol. The van der Waals surface area contributed by atoms with E-state index in [1.807, 2.05) is 12.1 Å². The summed E-state index contributed by atoms with van der Waals surface area (Å²) < 4.78 is 40.4. The zero-order chi connectivity index (χ0) is 18.3. The molecule has 3 aromatic rings. The van der Waals surface area contributed by atoms with Gasteiger partial charge in [0.15, 0.2) is 5.15 Å². The van der Waals surface area contributed by atoms with Gasteiger partial charge in [-0.05, 0) is 17.7 Å². The van der Waals surface area contributed by atoms with Gasteiger partial charge in [0.25, 0.3) is 0 Å². The second-order valence-electron chi connectivity index (χ2n) is 6.44. The van der Waals surface area contributed by atoms with Gasteiger partial charge in [-0.1, -0.05) is 17.7 Å². The number of nitrogens with zero attached hydrogens (tertiary/aromatic N) is 4. The van der Waals surface area contributed by atoms with Crippen molar-refractivity contribution in [2.75, 3.05) is 26.2 Å². The number of fused-ring (bicyclic) bond motifs is 3. The number of piperazine rings is 1. The Hall–Kier alpha value is -1.90. The molecule has 4 rings (SSSR count). The number of alkyl halides is 3. The van der Waals surface area contributed by atoms with Crippen molar-refractivity contribution in [1.29, 1.82) is 0 Å². The second-order valence-corrected chi connectivity index (χ2v) is 6.80. The van der Waals surface area contributed by atoms with E-state index in [9.17, 15) is 13.2 Å². The summed E-state index contributed by atoms with van der Waals surface area (Å²) in [4.78, 5) is 10.4. The van der Waals surface area contributed by atoms with Crippen molar-refractivity contribution in [3.8, 4) is 0 Å². The fourth-order valence-electron chi connectivity index (χ4n) is 3.49. The van der Waals surface area contributed by atoms with Crippen molar-refractivity contribution in [3.05, 3.63) is 35.2 Å². The smallest absolute Gasteiger partial charge is 0.327 e. The Morgan fingerprint density at radius 3 is 2.65 bits per heavy atom. The second kappa shape index (κ2) is 6.68. The van der Waals surface area contributed by atoms with Gasteiger partial charge in [0.1, 0.15) is 23.9 Å². The van der Waals surface area contributed by atoms with Crippen LogP contribution in [-0.2, 0) is 13.1 Å². The van der Waals surface area contributed by atoms with Crippen LogP contribution in [0.5, 0.6) is 0 Å². The number of hydrogen-bond donors (Lipinski definition) is 1. The first kappa shape index (κ1) is 17.5. The SMILES string of the molecule is FC(F)(F)Cn1c2ccc(CN3CCNCC3)cc2c2ncnc(Cl)c21. The first-order valence-corrected chi connectivity index (χ1v) is 8.71. The number of aromatic nitrogens is 3. The van der Waals surface area contributed by atoms with E-state index in [0.29, 0.717) is 16.4 Å². The fraction of sp³-hybridized carbons (Fsp3) is 0.412. The van der Waals surface area contributed by atoms with Crippen LogP contribution in [0, 0.1) is 0 Å². The molecule has 0 radical (unpaired) electrons. The lowest BCUT2D eigenvalue weighted by Gasteiger charge is -2.27. The molecule has 0 saturated carbocycles. The highest BCUT2D eigenvalue weighted by Gasteiger charge is 2.30. The molecule has 138 valence electrons. The molecule has 3 heterocycles. The summed E-state index contributed by atoms with van der Waals surface area (Å²) in [7, 11) is 0. The molecule has 0 aliphatic carbocycles. The van der Waals surface area contributed by atoms with Gasteiger partial charge in [-0.15, -0.1) is 0 Å². The van der Waals surface area contributed by atoms with Crippen LogP contribution in [0.3, 0.4) is 0 Å². The van der Waals surface area contributed by atoms with Crippen LogP contribution in [0.4, 0.5) is 13.2 Å². The third-order valence-electron chi connectivity index (χ3n) is 4.61. The van der Waals surface area contributed by atoms with E-state index in [4.69, 9.17) is 11.6 Å². The van der Waals surface area contributed by atoms with Gasteiger partial charge in [0.2, 0.25) is 0 Å². The summed E-state index contributed by atoms with van der Waals surface area (Å²) in [5.74, 6) is 0. The van der Waals surface area contributed by atoms with E-state index in [1.54, 1.807) is 6.07 Å². The molecule has 5 nitrogen and oxygen atoms in total. The highest BCUT2D eigenvalue weighted by Crippen LogP contribution is 2.34. The van der Waals surface area contributed by atoms with Crippen molar-refractivity contribution < 1.29 is 13.2 Å². The molecule has 1 aromatic carbocycles. The van der Waals surface area contributed by atoms with Gasteiger partial charge in [-0.3, -0.25) is 4.90 Å². The van der Waals surface area contributed by atoms with E-state index in [1.165, 1.54) is 6.33 Å². The molecule has 1 fully saturated rings. The van der Waals surface area contributed by atoms with Crippen molar-refractivity contribution in [3.63, 3.8) is 0 Å². The van der Waals surface area contributed by atoms with Crippen LogP contribution in [0.1, 0.15) is 5.56 Å². The molecule has 0 unspecified atom stereocenters. The summed E-state index contributed by atoms with van der Waals surface area (Å²) in [5, 5.41) is 4.00. The monoisotopic (exact) mass is 383 g/mol. The van der Waals surface area contributed by atoms with E-state index < -0.39 is 12.7 Å². The van der Waals surface area contributed by atoms with Gasteiger partial charge in [0, 0.05) is 38.1 Å². The first-order valence-electron chi connectivity index (χ1n) is 8.33. The fourth-order valence-corrected chi connectivity index (χ4v) is 3.73. The Kier molecular flexibility index (Phi) is 4.50. The Balaban J connectivity index is 1.82. The lowest BCUT2D eigenvalue weighted by Crippen LogP contribution is -2.42. The molecule has 0 atom stereocenters. The van der Waals surface area contributed by atoms with Crippen molar-refractivity contribution in [1.82, 2.24) is 24.8 Å². The maximum atomic E-state index is 13.1. The summed E-state index contributed by atoms with van der Waals surface area (Å²) in [6.45, 7) is 3.40. The summed E-state index contributed by atoms with van der Waals surface area (Å²) in [6, 6.07) is 5.50. The van der Waals surface area contributed by atoms with Gasteiger partial charge in [-0.2, -0.15) is 13.2 Å². The molecule has 1 N–H and O–H groups in total. The van der Waals surface area contributed by atoms with Gasteiger partial charge < -0.3 is 9.88 Å². The summed E-state index contributed by atoms with van der Waals surface area (Å²) in [6.07, 6.45) is -3.08. The van der Waals surface area contributed by atoms with Crippen molar-refractivity contribution >= 4 is 33.5 Å². The van der Waals surface area contributed by atoms with Crippen LogP contribution in [0.15, 0.2) is 24.5 Å². The Morgan fingerprint density at radius 2 is 1.92 bits per heavy atom. The van der Waals surface area contributed by atoms with Crippen LogP contribution in [-0.4, -0.2) is 51.8 Å². The van der Waals surface area contributed by atoms with Crippen molar-refractivity contribution in [2.24, 2.45) is 0 Å². The Morgan fingerprint density at radius 1 is 1.15 bits per heavy atom. The van der Waals surface area contributed by atoms with E-state index >= 15 is 0 Å². The molecule has 0 amide bonds. The van der Waals surface area contributed by atoms with Crippen LogP contribution in [0.2, 0.25) is 5.15 Å². The van der Waals surface area contributed by atoms with Crippen LogP contribution < -0.4 is 5.32 Å². The molecular formula is C17H17ClF3N5. The number of benzene rings is 1. The maximum absolute atomic E-state index is 13.1. The molecule has 9 heteroatoms. The quantitative estimate of drug-likeness (QED) is 0.705. The standard InChI is InChI=1S/C17H17ClF3N5/c18-16-15-14(23-10-24-16)12-7-11(8-25-5-3-22-4-6-25)1-2-13(12)26(15)9-17(19,20)21/h1-2,7,10,22H,3-6,8-9H2. The van der Waals surface area contributed by atoms with E-state index in [-0.39, 0.29) is 10.7 Å². The normalized spacial score (nSPS) is 16.6. The maximum Gasteiger partial charge on any atom is 0.406 e. The average molecular weight is 384 g/mol.